The monoisotopic (exact) mass is 407 g/mol. The second-order valence-electron chi connectivity index (χ2n) is 6.55. The average molecular weight is 408 g/mol. The molecule has 9 heteroatoms. The fourth-order valence-electron chi connectivity index (χ4n) is 2.78. The summed E-state index contributed by atoms with van der Waals surface area (Å²) in [6.07, 6.45) is 2.10. The van der Waals surface area contributed by atoms with Crippen molar-refractivity contribution >= 4 is 28.9 Å². The van der Waals surface area contributed by atoms with Crippen molar-refractivity contribution in [2.24, 2.45) is 5.92 Å². The van der Waals surface area contributed by atoms with Gasteiger partial charge in [0.05, 0.1) is 22.6 Å². The molecule has 0 saturated heterocycles. The van der Waals surface area contributed by atoms with E-state index in [-0.39, 0.29) is 34.3 Å². The molecule has 2 aromatic rings. The second-order valence-corrected chi connectivity index (χ2v) is 6.96. The maximum absolute atomic E-state index is 13.8. The van der Waals surface area contributed by atoms with Gasteiger partial charge in [-0.3, -0.25) is 14.9 Å². The standard InChI is InChI=1S/C19H19ClFN3O4/c1-28-16-7-4-12(8-14(16)21)10-23-19(25)17-13(20)5-6-15(24(26)27)18(17)22-9-11-2-3-11/h4-8,11,22H,2-3,9-10H2,1H3,(H,23,25). The third-order valence-corrected chi connectivity index (χ3v) is 4.80. The highest BCUT2D eigenvalue weighted by atomic mass is 35.5. The van der Waals surface area contributed by atoms with E-state index in [1.807, 2.05) is 0 Å². The van der Waals surface area contributed by atoms with Gasteiger partial charge in [-0.2, -0.15) is 0 Å². The molecule has 0 radical (unpaired) electrons. The molecule has 1 amide bonds. The number of ether oxygens (including phenoxy) is 1. The Bertz CT molecular complexity index is 918. The van der Waals surface area contributed by atoms with Crippen LogP contribution in [0.4, 0.5) is 15.8 Å². The van der Waals surface area contributed by atoms with E-state index >= 15 is 0 Å². The number of nitrogens with zero attached hydrogens (tertiary/aromatic N) is 1. The highest BCUT2D eigenvalue weighted by molar-refractivity contribution is 6.35. The normalized spacial score (nSPS) is 13.1. The molecule has 0 aromatic heterocycles. The lowest BCUT2D eigenvalue weighted by atomic mass is 10.1. The molecule has 0 aliphatic heterocycles. The zero-order valence-electron chi connectivity index (χ0n) is 15.1. The molecule has 0 atom stereocenters. The highest BCUT2D eigenvalue weighted by Gasteiger charge is 2.27. The molecular formula is C19H19ClFN3O4. The van der Waals surface area contributed by atoms with Gasteiger partial charge in [-0.25, -0.2) is 4.39 Å². The molecule has 1 fully saturated rings. The summed E-state index contributed by atoms with van der Waals surface area (Å²) in [6.45, 7) is 0.561. The lowest BCUT2D eigenvalue weighted by Gasteiger charge is -2.14. The molecule has 0 unspecified atom stereocenters. The molecule has 28 heavy (non-hydrogen) atoms. The van der Waals surface area contributed by atoms with Crippen LogP contribution < -0.4 is 15.4 Å². The first-order valence-electron chi connectivity index (χ1n) is 8.72. The number of benzene rings is 2. The van der Waals surface area contributed by atoms with Crippen LogP contribution in [0.3, 0.4) is 0 Å². The zero-order chi connectivity index (χ0) is 20.3. The van der Waals surface area contributed by atoms with E-state index < -0.39 is 16.6 Å². The number of nitro groups is 1. The van der Waals surface area contributed by atoms with Crippen LogP contribution in [0.5, 0.6) is 5.75 Å². The summed E-state index contributed by atoms with van der Waals surface area (Å²) < 4.78 is 18.7. The average Bonchev–Trinajstić information content (AvgIpc) is 3.48. The minimum absolute atomic E-state index is 0.00509. The predicted octanol–water partition coefficient (Wildman–Crippen LogP) is 4.15. The van der Waals surface area contributed by atoms with Gasteiger partial charge in [0, 0.05) is 19.2 Å². The number of amides is 1. The summed E-state index contributed by atoms with van der Waals surface area (Å²) in [4.78, 5) is 23.6. The first kappa shape index (κ1) is 19.9. The number of rotatable bonds is 8. The Hall–Kier alpha value is -2.87. The third-order valence-electron chi connectivity index (χ3n) is 4.49. The van der Waals surface area contributed by atoms with E-state index in [0.29, 0.717) is 18.0 Å². The molecule has 2 aromatic carbocycles. The van der Waals surface area contributed by atoms with Crippen LogP contribution in [-0.2, 0) is 6.54 Å². The summed E-state index contributed by atoms with van der Waals surface area (Å²) in [6, 6.07) is 6.92. The topological polar surface area (TPSA) is 93.5 Å². The molecule has 1 aliphatic carbocycles. The molecule has 1 saturated carbocycles. The number of hydrogen-bond donors (Lipinski definition) is 2. The number of nitrogens with one attached hydrogen (secondary N) is 2. The maximum atomic E-state index is 13.8. The molecule has 3 rings (SSSR count). The first-order chi connectivity index (χ1) is 13.4. The van der Waals surface area contributed by atoms with Crippen molar-refractivity contribution in [2.45, 2.75) is 19.4 Å². The third kappa shape index (κ3) is 4.51. The van der Waals surface area contributed by atoms with Gasteiger partial charge in [0.2, 0.25) is 0 Å². The van der Waals surface area contributed by atoms with Gasteiger partial charge < -0.3 is 15.4 Å². The van der Waals surface area contributed by atoms with Crippen molar-refractivity contribution in [3.05, 3.63) is 62.4 Å². The van der Waals surface area contributed by atoms with Crippen LogP contribution >= 0.6 is 11.6 Å². The lowest BCUT2D eigenvalue weighted by molar-refractivity contribution is -0.384. The van der Waals surface area contributed by atoms with E-state index in [2.05, 4.69) is 10.6 Å². The number of halogens is 2. The summed E-state index contributed by atoms with van der Waals surface area (Å²) in [5.74, 6) is -0.585. The molecule has 0 spiro atoms. The van der Waals surface area contributed by atoms with Gasteiger partial charge in [0.1, 0.15) is 5.69 Å². The SMILES string of the molecule is COc1ccc(CNC(=O)c2c(Cl)ccc([N+](=O)[O-])c2NCC2CC2)cc1F. The predicted molar refractivity (Wildman–Crippen MR) is 103 cm³/mol. The van der Waals surface area contributed by atoms with Gasteiger partial charge in [-0.05, 0) is 42.5 Å². The summed E-state index contributed by atoms with van der Waals surface area (Å²) in [5.41, 5.74) is 0.402. The largest absolute Gasteiger partial charge is 0.494 e. The van der Waals surface area contributed by atoms with E-state index in [0.717, 1.165) is 12.8 Å². The summed E-state index contributed by atoms with van der Waals surface area (Å²) in [5, 5.41) is 17.1. The van der Waals surface area contributed by atoms with Crippen molar-refractivity contribution in [1.29, 1.82) is 0 Å². The van der Waals surface area contributed by atoms with E-state index in [4.69, 9.17) is 16.3 Å². The van der Waals surface area contributed by atoms with E-state index in [1.54, 1.807) is 6.07 Å². The molecule has 1 aliphatic rings. The second kappa shape index (κ2) is 8.43. The fourth-order valence-corrected chi connectivity index (χ4v) is 3.02. The number of carbonyl (C=O) groups excluding carboxylic acids is 1. The van der Waals surface area contributed by atoms with Gasteiger partial charge in [-0.15, -0.1) is 0 Å². The van der Waals surface area contributed by atoms with Crippen LogP contribution in [0.25, 0.3) is 0 Å². The zero-order valence-corrected chi connectivity index (χ0v) is 15.9. The molecule has 148 valence electrons. The van der Waals surface area contributed by atoms with Crippen molar-refractivity contribution in [3.8, 4) is 5.75 Å². The Morgan fingerprint density at radius 2 is 2.11 bits per heavy atom. The van der Waals surface area contributed by atoms with E-state index in [1.165, 1.54) is 31.4 Å². The van der Waals surface area contributed by atoms with Crippen LogP contribution in [-0.4, -0.2) is 24.5 Å². The fraction of sp³-hybridized carbons (Fsp3) is 0.316. The highest BCUT2D eigenvalue weighted by Crippen LogP contribution is 2.36. The van der Waals surface area contributed by atoms with Crippen LogP contribution in [0, 0.1) is 21.8 Å². The summed E-state index contributed by atoms with van der Waals surface area (Å²) >= 11 is 6.18. The number of hydrogen-bond acceptors (Lipinski definition) is 5. The number of nitro benzene ring substituents is 1. The minimum Gasteiger partial charge on any atom is -0.494 e. The Labute approximate surface area is 166 Å². The molecule has 2 N–H and O–H groups in total. The quantitative estimate of drug-likeness (QED) is 0.506. The smallest absolute Gasteiger partial charge is 0.293 e. The van der Waals surface area contributed by atoms with Gasteiger partial charge in [-0.1, -0.05) is 17.7 Å². The molecule has 0 bridgehead atoms. The summed E-state index contributed by atoms with van der Waals surface area (Å²) in [7, 11) is 1.36. The van der Waals surface area contributed by atoms with Crippen molar-refractivity contribution < 1.29 is 18.8 Å². The number of methoxy groups -OCH3 is 1. The van der Waals surface area contributed by atoms with Gasteiger partial charge in [0.25, 0.3) is 11.6 Å². The van der Waals surface area contributed by atoms with Gasteiger partial charge >= 0.3 is 0 Å². The molecular weight excluding hydrogens is 389 g/mol. The Morgan fingerprint density at radius 3 is 2.71 bits per heavy atom. The van der Waals surface area contributed by atoms with Crippen molar-refractivity contribution in [1.82, 2.24) is 5.32 Å². The molecule has 0 heterocycles. The van der Waals surface area contributed by atoms with Crippen LogP contribution in [0.1, 0.15) is 28.8 Å². The van der Waals surface area contributed by atoms with Gasteiger partial charge in [0.15, 0.2) is 11.6 Å². The lowest BCUT2D eigenvalue weighted by Crippen LogP contribution is -2.25. The Balaban J connectivity index is 1.82. The van der Waals surface area contributed by atoms with Crippen LogP contribution in [0.2, 0.25) is 5.02 Å². The number of anilines is 1. The first-order valence-corrected chi connectivity index (χ1v) is 9.10. The maximum Gasteiger partial charge on any atom is 0.293 e. The number of carbonyl (C=O) groups is 1. The van der Waals surface area contributed by atoms with Crippen LogP contribution in [0.15, 0.2) is 30.3 Å². The Kier molecular flexibility index (Phi) is 5.99. The van der Waals surface area contributed by atoms with Crippen molar-refractivity contribution in [2.75, 3.05) is 19.0 Å². The van der Waals surface area contributed by atoms with E-state index in [9.17, 15) is 19.3 Å². The molecule has 7 nitrogen and oxygen atoms in total. The minimum atomic E-state index is -0.580. The Morgan fingerprint density at radius 1 is 1.36 bits per heavy atom. The van der Waals surface area contributed by atoms with Crippen molar-refractivity contribution in [3.63, 3.8) is 0 Å².